The quantitative estimate of drug-likeness (QED) is 0.253. The molecule has 37 heavy (non-hydrogen) atoms. The summed E-state index contributed by atoms with van der Waals surface area (Å²) >= 11 is -2.44. The van der Waals surface area contributed by atoms with Gasteiger partial charge in [-0.3, -0.25) is 9.27 Å². The van der Waals surface area contributed by atoms with E-state index in [1.54, 1.807) is 55.7 Å². The zero-order chi connectivity index (χ0) is 25.9. The summed E-state index contributed by atoms with van der Waals surface area (Å²) in [6.45, 7) is 5.60. The van der Waals surface area contributed by atoms with Gasteiger partial charge in [-0.1, -0.05) is 31.2 Å². The number of benzene rings is 2. The number of nitrogens with zero attached hydrogens (tertiary/aromatic N) is 3. The standard InChI is InChI=1S/C26H27FN6O3S/c1-15-12-17(14-28-13-15)31-26-30-11-9-21(32-26)20-8-5-10-29-25(20)36-24-16(2)22(27)23(33-37(34)35)18-6-3-4-7-19(18)24/h3-11,15,17,28,33H,12-14H2,1-2H3,(H,34,35)(H,30,31,32)/t15-,17+/m1/s1. The molecule has 192 valence electrons. The van der Waals surface area contributed by atoms with Crippen LogP contribution in [0.15, 0.2) is 54.9 Å². The summed E-state index contributed by atoms with van der Waals surface area (Å²) in [5, 5.41) is 7.79. The van der Waals surface area contributed by atoms with E-state index in [4.69, 9.17) is 9.72 Å². The van der Waals surface area contributed by atoms with E-state index in [1.807, 2.05) is 6.07 Å². The van der Waals surface area contributed by atoms with Crippen LogP contribution in [-0.4, -0.2) is 42.8 Å². The molecule has 1 aliphatic rings. The lowest BCUT2D eigenvalue weighted by atomic mass is 9.98. The van der Waals surface area contributed by atoms with Crippen molar-refractivity contribution in [2.45, 2.75) is 26.3 Å². The molecule has 9 nitrogen and oxygen atoms in total. The number of halogens is 1. The van der Waals surface area contributed by atoms with Crippen LogP contribution in [0, 0.1) is 18.7 Å². The van der Waals surface area contributed by atoms with E-state index in [-0.39, 0.29) is 28.9 Å². The fourth-order valence-corrected chi connectivity index (χ4v) is 4.99. The number of pyridine rings is 1. The number of hydrogen-bond donors (Lipinski definition) is 4. The first kappa shape index (κ1) is 25.0. The van der Waals surface area contributed by atoms with E-state index < -0.39 is 17.1 Å². The van der Waals surface area contributed by atoms with Crippen molar-refractivity contribution in [1.29, 1.82) is 0 Å². The van der Waals surface area contributed by atoms with Gasteiger partial charge < -0.3 is 15.4 Å². The summed E-state index contributed by atoms with van der Waals surface area (Å²) in [4.78, 5) is 13.5. The highest BCUT2D eigenvalue weighted by atomic mass is 32.2. The Kier molecular flexibility index (Phi) is 7.26. The number of aromatic nitrogens is 3. The van der Waals surface area contributed by atoms with Crippen LogP contribution in [0.25, 0.3) is 22.0 Å². The van der Waals surface area contributed by atoms with E-state index in [2.05, 4.69) is 32.2 Å². The smallest absolute Gasteiger partial charge is 0.259 e. The normalized spacial score (nSPS) is 18.4. The third-order valence-corrected chi connectivity index (χ3v) is 6.70. The first-order valence-electron chi connectivity index (χ1n) is 11.9. The van der Waals surface area contributed by atoms with E-state index in [0.717, 1.165) is 19.5 Å². The predicted molar refractivity (Wildman–Crippen MR) is 142 cm³/mol. The Bertz CT molecular complexity index is 1470. The van der Waals surface area contributed by atoms with Gasteiger partial charge in [0, 0.05) is 41.3 Å². The van der Waals surface area contributed by atoms with Gasteiger partial charge in [-0.2, -0.15) is 0 Å². The van der Waals surface area contributed by atoms with Crippen LogP contribution in [0.4, 0.5) is 16.0 Å². The number of fused-ring (bicyclic) bond motifs is 1. The molecule has 0 saturated carbocycles. The maximum atomic E-state index is 15.3. The summed E-state index contributed by atoms with van der Waals surface area (Å²) < 4.78 is 44.6. The molecule has 0 bridgehead atoms. The second-order valence-corrected chi connectivity index (χ2v) is 9.81. The molecule has 0 aliphatic carbocycles. The number of rotatable bonds is 7. The van der Waals surface area contributed by atoms with Crippen molar-refractivity contribution in [3.63, 3.8) is 0 Å². The van der Waals surface area contributed by atoms with Crippen molar-refractivity contribution in [2.75, 3.05) is 23.1 Å². The minimum absolute atomic E-state index is 0.0689. The summed E-state index contributed by atoms with van der Waals surface area (Å²) in [7, 11) is 0. The van der Waals surface area contributed by atoms with Crippen molar-refractivity contribution in [1.82, 2.24) is 20.3 Å². The van der Waals surface area contributed by atoms with E-state index in [1.165, 1.54) is 0 Å². The van der Waals surface area contributed by atoms with Crippen LogP contribution >= 0.6 is 0 Å². The van der Waals surface area contributed by atoms with Gasteiger partial charge in [-0.15, -0.1) is 0 Å². The highest BCUT2D eigenvalue weighted by molar-refractivity contribution is 7.80. The number of nitrogens with one attached hydrogen (secondary N) is 3. The minimum atomic E-state index is -2.44. The summed E-state index contributed by atoms with van der Waals surface area (Å²) in [6, 6.07) is 12.5. The van der Waals surface area contributed by atoms with Crippen LogP contribution in [0.5, 0.6) is 11.6 Å². The largest absolute Gasteiger partial charge is 0.437 e. The van der Waals surface area contributed by atoms with Gasteiger partial charge in [0.25, 0.3) is 11.3 Å². The average Bonchev–Trinajstić information content (AvgIpc) is 2.89. The Hall–Kier alpha value is -3.67. The molecule has 1 saturated heterocycles. The van der Waals surface area contributed by atoms with Gasteiger partial charge in [0.15, 0.2) is 5.82 Å². The van der Waals surface area contributed by atoms with Gasteiger partial charge in [0.1, 0.15) is 5.75 Å². The fraction of sp³-hybridized carbons (Fsp3) is 0.269. The van der Waals surface area contributed by atoms with Gasteiger partial charge in [-0.05, 0) is 44.0 Å². The van der Waals surface area contributed by atoms with E-state index in [0.29, 0.717) is 33.9 Å². The molecule has 0 amide bonds. The third-order valence-electron chi connectivity index (χ3n) is 6.32. The summed E-state index contributed by atoms with van der Waals surface area (Å²) in [6.07, 6.45) is 4.29. The Morgan fingerprint density at radius 3 is 2.70 bits per heavy atom. The SMILES string of the molecule is Cc1c(F)c(NS(=O)O)c2ccccc2c1Oc1ncccc1-c1ccnc(N[C@@H]2CNC[C@H](C)C2)n1. The second kappa shape index (κ2) is 10.8. The van der Waals surface area contributed by atoms with Crippen molar-refractivity contribution < 1.29 is 17.9 Å². The first-order chi connectivity index (χ1) is 17.9. The van der Waals surface area contributed by atoms with Crippen LogP contribution in [0.3, 0.4) is 0 Å². The minimum Gasteiger partial charge on any atom is -0.437 e. The monoisotopic (exact) mass is 522 g/mol. The molecule has 0 radical (unpaired) electrons. The molecule has 3 heterocycles. The summed E-state index contributed by atoms with van der Waals surface area (Å²) in [5.74, 6) is 0.895. The lowest BCUT2D eigenvalue weighted by Crippen LogP contribution is -2.42. The van der Waals surface area contributed by atoms with E-state index in [9.17, 15) is 8.76 Å². The molecule has 1 unspecified atom stereocenters. The number of anilines is 2. The van der Waals surface area contributed by atoms with E-state index >= 15 is 4.39 Å². The van der Waals surface area contributed by atoms with Crippen molar-refractivity contribution >= 4 is 33.7 Å². The van der Waals surface area contributed by atoms with Gasteiger partial charge >= 0.3 is 0 Å². The average molecular weight is 523 g/mol. The topological polar surface area (TPSA) is 121 Å². The molecule has 4 aromatic rings. The molecular formula is C26H27FN6O3S. The molecule has 1 fully saturated rings. The first-order valence-corrected chi connectivity index (χ1v) is 13.0. The fourth-order valence-electron chi connectivity index (χ4n) is 4.62. The number of hydrogen-bond acceptors (Lipinski definition) is 7. The highest BCUT2D eigenvalue weighted by Gasteiger charge is 2.22. The molecule has 0 spiro atoms. The lowest BCUT2D eigenvalue weighted by molar-refractivity contribution is 0.377. The highest BCUT2D eigenvalue weighted by Crippen LogP contribution is 2.41. The maximum Gasteiger partial charge on any atom is 0.259 e. The Morgan fingerprint density at radius 2 is 1.92 bits per heavy atom. The number of piperidine rings is 1. The van der Waals surface area contributed by atoms with Crippen molar-refractivity contribution in [3.8, 4) is 22.9 Å². The van der Waals surface area contributed by atoms with Crippen LogP contribution in [-0.2, 0) is 11.3 Å². The zero-order valence-corrected chi connectivity index (χ0v) is 21.2. The van der Waals surface area contributed by atoms with Crippen LogP contribution < -0.4 is 20.1 Å². The number of ether oxygens (including phenoxy) is 1. The molecule has 5 rings (SSSR count). The Balaban J connectivity index is 1.51. The molecule has 3 atom stereocenters. The van der Waals surface area contributed by atoms with Crippen LogP contribution in [0.2, 0.25) is 0 Å². The molecule has 4 N–H and O–H groups in total. The predicted octanol–water partition coefficient (Wildman–Crippen LogP) is 4.89. The summed E-state index contributed by atoms with van der Waals surface area (Å²) in [5.41, 5.74) is 1.33. The molecule has 11 heteroatoms. The van der Waals surface area contributed by atoms with Gasteiger partial charge in [0.2, 0.25) is 11.8 Å². The van der Waals surface area contributed by atoms with Gasteiger partial charge in [0.05, 0.1) is 16.9 Å². The molecule has 2 aromatic heterocycles. The van der Waals surface area contributed by atoms with Gasteiger partial charge in [-0.25, -0.2) is 23.6 Å². The zero-order valence-electron chi connectivity index (χ0n) is 20.4. The maximum absolute atomic E-state index is 15.3. The van der Waals surface area contributed by atoms with Crippen molar-refractivity contribution in [3.05, 3.63) is 66.2 Å². The Labute approximate surface area is 216 Å². The molecule has 2 aromatic carbocycles. The second-order valence-electron chi connectivity index (χ2n) is 9.10. The Morgan fingerprint density at radius 1 is 1.11 bits per heavy atom. The molecule has 1 aliphatic heterocycles. The third kappa shape index (κ3) is 5.38. The van der Waals surface area contributed by atoms with Crippen molar-refractivity contribution in [2.24, 2.45) is 5.92 Å². The lowest BCUT2D eigenvalue weighted by Gasteiger charge is -2.28. The molecular weight excluding hydrogens is 495 g/mol. The van der Waals surface area contributed by atoms with Crippen LogP contribution in [0.1, 0.15) is 18.9 Å².